The highest BCUT2D eigenvalue weighted by Crippen LogP contribution is 2.27. The van der Waals surface area contributed by atoms with E-state index in [9.17, 15) is 10.1 Å². The molecule has 0 saturated carbocycles. The molecule has 1 aromatic carbocycles. The number of nitrogens with zero attached hydrogens (tertiary/aromatic N) is 2. The van der Waals surface area contributed by atoms with E-state index in [1.165, 1.54) is 6.07 Å². The fraction of sp³-hybridized carbons (Fsp3) is 0.462. The lowest BCUT2D eigenvalue weighted by molar-refractivity contribution is -0.385. The highest BCUT2D eigenvalue weighted by atomic mass is 16.6. The monoisotopic (exact) mass is 263 g/mol. The lowest BCUT2D eigenvalue weighted by atomic mass is 10.2. The maximum Gasteiger partial charge on any atom is 0.310 e. The Labute approximate surface area is 112 Å². The Morgan fingerprint density at radius 1 is 1.58 bits per heavy atom. The number of benzene rings is 1. The minimum Gasteiger partial charge on any atom is -0.487 e. The summed E-state index contributed by atoms with van der Waals surface area (Å²) >= 11 is 0. The van der Waals surface area contributed by atoms with E-state index in [2.05, 4.69) is 11.4 Å². The third kappa shape index (κ3) is 4.56. The summed E-state index contributed by atoms with van der Waals surface area (Å²) in [5.41, 5.74) is 0.840. The lowest BCUT2D eigenvalue weighted by Gasteiger charge is -2.11. The van der Waals surface area contributed by atoms with E-state index in [4.69, 9.17) is 10.00 Å². The molecule has 1 rings (SSSR count). The number of ether oxygens (including phenoxy) is 1. The van der Waals surface area contributed by atoms with Crippen molar-refractivity contribution in [3.8, 4) is 11.8 Å². The number of hydrogen-bond donors (Lipinski definition) is 1. The quantitative estimate of drug-likeness (QED) is 0.601. The first-order valence-electron chi connectivity index (χ1n) is 6.09. The zero-order valence-corrected chi connectivity index (χ0v) is 11.0. The molecular weight excluding hydrogens is 246 g/mol. The van der Waals surface area contributed by atoms with Gasteiger partial charge in [0, 0.05) is 12.5 Å². The summed E-state index contributed by atoms with van der Waals surface area (Å²) in [6.45, 7) is 4.71. The van der Waals surface area contributed by atoms with Gasteiger partial charge >= 0.3 is 5.69 Å². The highest BCUT2D eigenvalue weighted by molar-refractivity contribution is 5.48. The molecule has 0 amide bonds. The van der Waals surface area contributed by atoms with E-state index >= 15 is 0 Å². The molecule has 0 spiro atoms. The first-order chi connectivity index (χ1) is 9.08. The van der Waals surface area contributed by atoms with Crippen LogP contribution in [0.2, 0.25) is 0 Å². The molecule has 1 atom stereocenters. The zero-order valence-electron chi connectivity index (χ0n) is 11.0. The molecule has 19 heavy (non-hydrogen) atoms. The van der Waals surface area contributed by atoms with Crippen LogP contribution in [0.3, 0.4) is 0 Å². The molecular formula is C13H17N3O3. The van der Waals surface area contributed by atoms with Gasteiger partial charge in [-0.3, -0.25) is 10.1 Å². The first-order valence-corrected chi connectivity index (χ1v) is 6.09. The van der Waals surface area contributed by atoms with Crippen molar-refractivity contribution in [3.63, 3.8) is 0 Å². The van der Waals surface area contributed by atoms with Crippen LogP contribution < -0.4 is 10.1 Å². The summed E-state index contributed by atoms with van der Waals surface area (Å²) in [6.07, 6.45) is 0.482. The topological polar surface area (TPSA) is 88.2 Å². The number of nitriles is 1. The third-order valence-corrected chi connectivity index (χ3v) is 2.58. The lowest BCUT2D eigenvalue weighted by Crippen LogP contribution is -2.28. The molecule has 6 nitrogen and oxygen atoms in total. The number of aryl methyl sites for hydroxylation is 1. The molecule has 0 bridgehead atoms. The Morgan fingerprint density at radius 3 is 2.89 bits per heavy atom. The second kappa shape index (κ2) is 7.34. The Hall–Kier alpha value is -2.13. The predicted molar refractivity (Wildman–Crippen MR) is 71.0 cm³/mol. The molecule has 102 valence electrons. The van der Waals surface area contributed by atoms with E-state index in [0.29, 0.717) is 13.0 Å². The Kier molecular flexibility index (Phi) is 5.76. The van der Waals surface area contributed by atoms with E-state index in [1.54, 1.807) is 12.1 Å². The van der Waals surface area contributed by atoms with E-state index in [-0.39, 0.29) is 24.1 Å². The molecule has 1 aromatic rings. The standard InChI is InChI=1S/C13H17N3O3/c1-3-15-11(9-14)6-7-19-13-8-10(2)4-5-12(13)16(17)18/h4-5,8,11,15H,3,6-7H2,1-2H3. The van der Waals surface area contributed by atoms with Gasteiger partial charge in [-0.2, -0.15) is 5.26 Å². The average molecular weight is 263 g/mol. The fourth-order valence-corrected chi connectivity index (χ4v) is 1.63. The number of nitro groups is 1. The molecule has 0 aliphatic heterocycles. The first kappa shape index (κ1) is 14.9. The fourth-order valence-electron chi connectivity index (χ4n) is 1.63. The van der Waals surface area contributed by atoms with Crippen molar-refractivity contribution in [3.05, 3.63) is 33.9 Å². The molecule has 6 heteroatoms. The Bertz CT molecular complexity index is 483. The van der Waals surface area contributed by atoms with Gasteiger partial charge in [0.15, 0.2) is 5.75 Å². The van der Waals surface area contributed by atoms with E-state index in [1.807, 2.05) is 13.8 Å². The minimum atomic E-state index is -0.471. The van der Waals surface area contributed by atoms with Crippen molar-refractivity contribution in [1.82, 2.24) is 5.32 Å². The van der Waals surface area contributed by atoms with Crippen LogP contribution in [-0.4, -0.2) is 24.1 Å². The molecule has 0 aliphatic rings. The van der Waals surface area contributed by atoms with E-state index in [0.717, 1.165) is 5.56 Å². The number of nitrogens with one attached hydrogen (secondary N) is 1. The van der Waals surface area contributed by atoms with Crippen molar-refractivity contribution in [2.24, 2.45) is 0 Å². The maximum absolute atomic E-state index is 10.8. The van der Waals surface area contributed by atoms with E-state index < -0.39 is 4.92 Å². The maximum atomic E-state index is 10.8. The van der Waals surface area contributed by atoms with Crippen LogP contribution in [0.5, 0.6) is 5.75 Å². The van der Waals surface area contributed by atoms with Crippen LogP contribution >= 0.6 is 0 Å². The summed E-state index contributed by atoms with van der Waals surface area (Å²) in [5, 5.41) is 22.7. The van der Waals surface area contributed by atoms with Gasteiger partial charge < -0.3 is 10.1 Å². The van der Waals surface area contributed by atoms with Gasteiger partial charge in [-0.25, -0.2) is 0 Å². The summed E-state index contributed by atoms with van der Waals surface area (Å²) in [7, 11) is 0. The van der Waals surface area contributed by atoms with Crippen LogP contribution in [0.25, 0.3) is 0 Å². The summed E-state index contributed by atoms with van der Waals surface area (Å²) in [5.74, 6) is 0.248. The molecule has 0 heterocycles. The number of hydrogen-bond acceptors (Lipinski definition) is 5. The van der Waals surface area contributed by atoms with Crippen LogP contribution in [0.15, 0.2) is 18.2 Å². The minimum absolute atomic E-state index is 0.0532. The van der Waals surface area contributed by atoms with Gasteiger partial charge in [-0.15, -0.1) is 0 Å². The van der Waals surface area contributed by atoms with Crippen molar-refractivity contribution in [1.29, 1.82) is 5.26 Å². The molecule has 1 N–H and O–H groups in total. The van der Waals surface area contributed by atoms with Crippen LogP contribution in [0.1, 0.15) is 18.9 Å². The summed E-state index contributed by atoms with van der Waals surface area (Å²) in [6, 6.07) is 6.54. The summed E-state index contributed by atoms with van der Waals surface area (Å²) in [4.78, 5) is 10.4. The highest BCUT2D eigenvalue weighted by Gasteiger charge is 2.15. The smallest absolute Gasteiger partial charge is 0.310 e. The molecule has 0 saturated heterocycles. The SMILES string of the molecule is CCNC(C#N)CCOc1cc(C)ccc1[N+](=O)[O-]. The molecule has 0 aromatic heterocycles. The van der Waals surface area contributed by atoms with Crippen molar-refractivity contribution >= 4 is 5.69 Å². The van der Waals surface area contributed by atoms with Gasteiger partial charge in [0.2, 0.25) is 0 Å². The van der Waals surface area contributed by atoms with Crippen LogP contribution in [0, 0.1) is 28.4 Å². The number of rotatable bonds is 7. The van der Waals surface area contributed by atoms with Crippen molar-refractivity contribution in [2.45, 2.75) is 26.3 Å². The van der Waals surface area contributed by atoms with Gasteiger partial charge in [0.25, 0.3) is 0 Å². The van der Waals surface area contributed by atoms with Crippen molar-refractivity contribution < 1.29 is 9.66 Å². The van der Waals surface area contributed by atoms with Gasteiger partial charge in [0.05, 0.1) is 23.6 Å². The largest absolute Gasteiger partial charge is 0.487 e. The normalized spacial score (nSPS) is 11.6. The second-order valence-electron chi connectivity index (χ2n) is 4.10. The average Bonchev–Trinajstić information content (AvgIpc) is 2.37. The number of nitro benzene ring substituents is 1. The third-order valence-electron chi connectivity index (χ3n) is 2.58. The van der Waals surface area contributed by atoms with Gasteiger partial charge in [0.1, 0.15) is 0 Å². The second-order valence-corrected chi connectivity index (χ2v) is 4.10. The van der Waals surface area contributed by atoms with Crippen molar-refractivity contribution in [2.75, 3.05) is 13.2 Å². The van der Waals surface area contributed by atoms with Crippen LogP contribution in [-0.2, 0) is 0 Å². The van der Waals surface area contributed by atoms with Gasteiger partial charge in [-0.05, 0) is 25.1 Å². The Morgan fingerprint density at radius 2 is 2.32 bits per heavy atom. The van der Waals surface area contributed by atoms with Gasteiger partial charge in [-0.1, -0.05) is 13.0 Å². The molecule has 0 fully saturated rings. The predicted octanol–water partition coefficient (Wildman–Crippen LogP) is 2.17. The molecule has 1 unspecified atom stereocenters. The summed E-state index contributed by atoms with van der Waals surface area (Å²) < 4.78 is 5.43. The zero-order chi connectivity index (χ0) is 14.3. The molecule has 0 aliphatic carbocycles. The van der Waals surface area contributed by atoms with Crippen LogP contribution in [0.4, 0.5) is 5.69 Å². The molecule has 0 radical (unpaired) electrons. The Balaban J connectivity index is 2.64.